The van der Waals surface area contributed by atoms with Crippen LogP contribution in [0.5, 0.6) is 17.2 Å². The first-order valence-electron chi connectivity index (χ1n) is 12.8. The van der Waals surface area contributed by atoms with E-state index in [0.717, 1.165) is 16.2 Å². The number of ketones is 1. The van der Waals surface area contributed by atoms with Gasteiger partial charge in [-0.1, -0.05) is 17.4 Å². The monoisotopic (exact) mass is 566 g/mol. The number of hydrogen-bond donors (Lipinski definition) is 2. The second-order valence-corrected chi connectivity index (χ2v) is 10.1. The largest absolute Gasteiger partial charge is 0.507 e. The van der Waals surface area contributed by atoms with E-state index in [1.54, 1.807) is 45.0 Å². The van der Waals surface area contributed by atoms with Crippen molar-refractivity contribution < 1.29 is 38.8 Å². The number of esters is 1. The third-order valence-corrected chi connectivity index (χ3v) is 7.13. The number of thiazole rings is 1. The molecule has 11 heteroatoms. The Balaban J connectivity index is 1.90. The van der Waals surface area contributed by atoms with Crippen molar-refractivity contribution in [2.45, 2.75) is 46.8 Å². The van der Waals surface area contributed by atoms with E-state index in [2.05, 4.69) is 4.98 Å². The van der Waals surface area contributed by atoms with Crippen LogP contribution in [0.25, 0.3) is 5.76 Å². The zero-order valence-corrected chi connectivity index (χ0v) is 23.6. The van der Waals surface area contributed by atoms with Gasteiger partial charge in [0.25, 0.3) is 5.78 Å². The number of aromatic nitrogens is 1. The number of ether oxygens (including phenoxy) is 3. The molecule has 0 bridgehead atoms. The number of phenolic OH excluding ortho intramolecular Hbond substituents is 1. The molecule has 1 unspecified atom stereocenters. The number of aliphatic hydroxyl groups is 1. The fourth-order valence-corrected chi connectivity index (χ4v) is 5.29. The highest BCUT2D eigenvalue weighted by atomic mass is 32.1. The van der Waals surface area contributed by atoms with E-state index in [1.807, 2.05) is 13.8 Å². The number of phenols is 1. The van der Waals surface area contributed by atoms with Crippen molar-refractivity contribution in [1.29, 1.82) is 0 Å². The maximum absolute atomic E-state index is 13.5. The average molecular weight is 567 g/mol. The summed E-state index contributed by atoms with van der Waals surface area (Å²) in [4.78, 5) is 45.2. The van der Waals surface area contributed by atoms with Gasteiger partial charge in [0, 0.05) is 5.56 Å². The van der Waals surface area contributed by atoms with Crippen molar-refractivity contribution in [2.24, 2.45) is 0 Å². The van der Waals surface area contributed by atoms with Crippen LogP contribution in [0, 0.1) is 6.92 Å². The van der Waals surface area contributed by atoms with Crippen molar-refractivity contribution in [2.75, 3.05) is 18.1 Å². The second kappa shape index (κ2) is 11.8. The van der Waals surface area contributed by atoms with Gasteiger partial charge in [-0.25, -0.2) is 9.78 Å². The summed E-state index contributed by atoms with van der Waals surface area (Å²) in [6.45, 7) is 9.22. The first kappa shape index (κ1) is 28.6. The Morgan fingerprint density at radius 1 is 1.10 bits per heavy atom. The summed E-state index contributed by atoms with van der Waals surface area (Å²) < 4.78 is 16.3. The Morgan fingerprint density at radius 2 is 1.80 bits per heavy atom. The minimum absolute atomic E-state index is 0.0555. The highest BCUT2D eigenvalue weighted by Crippen LogP contribution is 2.45. The number of aryl methyl sites for hydroxylation is 1. The lowest BCUT2D eigenvalue weighted by Gasteiger charge is -2.23. The van der Waals surface area contributed by atoms with Gasteiger partial charge in [0.15, 0.2) is 16.6 Å². The van der Waals surface area contributed by atoms with E-state index in [1.165, 1.54) is 18.2 Å². The summed E-state index contributed by atoms with van der Waals surface area (Å²) in [5.41, 5.74) is 0.833. The number of carbonyl (C=O) groups is 3. The van der Waals surface area contributed by atoms with Crippen molar-refractivity contribution in [3.05, 3.63) is 69.7 Å². The quantitative estimate of drug-likeness (QED) is 0.156. The SMILES string of the molecule is CCOC(=O)c1sc(N2C(=O)C(=O)/C(=C(/O)c3ccc(OC(C)C)cc3)C2c2ccc(O)c(OCC)c2)nc1C. The lowest BCUT2D eigenvalue weighted by molar-refractivity contribution is -0.132. The minimum atomic E-state index is -1.13. The maximum Gasteiger partial charge on any atom is 0.350 e. The number of aromatic hydroxyl groups is 1. The lowest BCUT2D eigenvalue weighted by Crippen LogP contribution is -2.29. The molecular weight excluding hydrogens is 536 g/mol. The maximum atomic E-state index is 13.5. The van der Waals surface area contributed by atoms with Crippen LogP contribution in [-0.4, -0.2) is 52.2 Å². The van der Waals surface area contributed by atoms with E-state index in [-0.39, 0.29) is 46.4 Å². The summed E-state index contributed by atoms with van der Waals surface area (Å²) in [7, 11) is 0. The van der Waals surface area contributed by atoms with Crippen LogP contribution in [0.15, 0.2) is 48.0 Å². The molecule has 1 saturated heterocycles. The summed E-state index contributed by atoms with van der Waals surface area (Å²) in [6, 6.07) is 9.78. The van der Waals surface area contributed by atoms with Crippen molar-refractivity contribution in [3.63, 3.8) is 0 Å². The van der Waals surface area contributed by atoms with E-state index in [4.69, 9.17) is 14.2 Å². The molecule has 0 saturated carbocycles. The molecule has 1 fully saturated rings. The zero-order valence-electron chi connectivity index (χ0n) is 22.8. The third-order valence-electron chi connectivity index (χ3n) is 6.00. The van der Waals surface area contributed by atoms with E-state index >= 15 is 0 Å². The normalized spacial score (nSPS) is 16.4. The molecule has 1 aromatic heterocycles. The van der Waals surface area contributed by atoms with Gasteiger partial charge in [0.1, 0.15) is 16.4 Å². The van der Waals surface area contributed by atoms with Crippen LogP contribution >= 0.6 is 11.3 Å². The molecule has 1 atom stereocenters. The molecule has 2 aromatic carbocycles. The Labute approximate surface area is 235 Å². The van der Waals surface area contributed by atoms with E-state index < -0.39 is 29.5 Å². The molecule has 210 valence electrons. The number of carbonyl (C=O) groups excluding carboxylic acids is 3. The highest BCUT2D eigenvalue weighted by molar-refractivity contribution is 7.17. The molecule has 2 N–H and O–H groups in total. The number of Topliss-reactive ketones (excluding diaryl/α,β-unsaturated/α-hetero) is 1. The smallest absolute Gasteiger partial charge is 0.350 e. The standard InChI is InChI=1S/C29H30N2O8S/c1-6-37-21-14-18(10-13-20(21)32)23-22(24(33)17-8-11-19(12-9-17)39-15(3)4)25(34)27(35)31(23)29-30-16(5)26(40-29)28(36)38-7-2/h8-15,23,32-33H,6-7H2,1-5H3/b24-22+. The molecule has 2 heterocycles. The summed E-state index contributed by atoms with van der Waals surface area (Å²) >= 11 is 0.910. The summed E-state index contributed by atoms with van der Waals surface area (Å²) in [6.07, 6.45) is -0.0555. The number of benzene rings is 2. The molecule has 3 aromatic rings. The second-order valence-electron chi connectivity index (χ2n) is 9.15. The van der Waals surface area contributed by atoms with Gasteiger partial charge in [-0.2, -0.15) is 0 Å². The number of rotatable bonds is 9. The molecule has 0 spiro atoms. The minimum Gasteiger partial charge on any atom is -0.507 e. The molecule has 0 radical (unpaired) electrons. The molecular formula is C29H30N2O8S. The molecule has 1 amide bonds. The summed E-state index contributed by atoms with van der Waals surface area (Å²) in [5, 5.41) is 21.8. The third kappa shape index (κ3) is 5.50. The van der Waals surface area contributed by atoms with E-state index in [9.17, 15) is 24.6 Å². The molecule has 1 aliphatic rings. The first-order chi connectivity index (χ1) is 19.1. The van der Waals surface area contributed by atoms with Crippen LogP contribution in [0.1, 0.15) is 60.2 Å². The Morgan fingerprint density at radius 3 is 2.42 bits per heavy atom. The van der Waals surface area contributed by atoms with Crippen molar-refractivity contribution >= 4 is 39.9 Å². The number of amides is 1. The van der Waals surface area contributed by atoms with Gasteiger partial charge in [-0.3, -0.25) is 14.5 Å². The van der Waals surface area contributed by atoms with Gasteiger partial charge >= 0.3 is 11.9 Å². The van der Waals surface area contributed by atoms with Gasteiger partial charge < -0.3 is 24.4 Å². The van der Waals surface area contributed by atoms with Crippen LogP contribution in [-0.2, 0) is 14.3 Å². The Kier molecular flexibility index (Phi) is 8.43. The highest BCUT2D eigenvalue weighted by Gasteiger charge is 2.48. The fourth-order valence-electron chi connectivity index (χ4n) is 4.31. The van der Waals surface area contributed by atoms with Gasteiger partial charge in [-0.15, -0.1) is 0 Å². The molecule has 40 heavy (non-hydrogen) atoms. The molecule has 0 aliphatic carbocycles. The zero-order chi connectivity index (χ0) is 29.1. The molecule has 4 rings (SSSR count). The molecule has 1 aliphatic heterocycles. The average Bonchev–Trinajstić information content (AvgIpc) is 3.42. The Hall–Kier alpha value is -4.38. The van der Waals surface area contributed by atoms with Crippen LogP contribution < -0.4 is 14.4 Å². The first-order valence-corrected chi connectivity index (χ1v) is 13.6. The number of aliphatic hydroxyl groups excluding tert-OH is 1. The van der Waals surface area contributed by atoms with Gasteiger partial charge in [0.05, 0.1) is 36.6 Å². The fraction of sp³-hybridized carbons (Fsp3) is 0.310. The predicted octanol–water partition coefficient (Wildman–Crippen LogP) is 5.15. The Bertz CT molecular complexity index is 1480. The summed E-state index contributed by atoms with van der Waals surface area (Å²) in [5.74, 6) is -2.26. The van der Waals surface area contributed by atoms with Gasteiger partial charge in [0.2, 0.25) is 0 Å². The number of nitrogens with zero attached hydrogens (tertiary/aromatic N) is 2. The predicted molar refractivity (Wildman–Crippen MR) is 149 cm³/mol. The molecule has 10 nitrogen and oxygen atoms in total. The van der Waals surface area contributed by atoms with Crippen LogP contribution in [0.3, 0.4) is 0 Å². The van der Waals surface area contributed by atoms with Crippen molar-refractivity contribution in [3.8, 4) is 17.2 Å². The number of anilines is 1. The topological polar surface area (TPSA) is 135 Å². The van der Waals surface area contributed by atoms with E-state index in [0.29, 0.717) is 22.6 Å². The van der Waals surface area contributed by atoms with Crippen LogP contribution in [0.2, 0.25) is 0 Å². The van der Waals surface area contributed by atoms with Crippen LogP contribution in [0.4, 0.5) is 5.13 Å². The lowest BCUT2D eigenvalue weighted by atomic mass is 9.95. The number of hydrogen-bond acceptors (Lipinski definition) is 10. The van der Waals surface area contributed by atoms with Crippen molar-refractivity contribution in [1.82, 2.24) is 4.98 Å². The van der Waals surface area contributed by atoms with Gasteiger partial charge in [-0.05, 0) is 76.6 Å².